The molecular weight excluding hydrogens is 244 g/mol. The molecule has 2 rings (SSSR count). The van der Waals surface area contributed by atoms with Crippen molar-refractivity contribution in [3.63, 3.8) is 0 Å². The third kappa shape index (κ3) is 3.05. The zero-order chi connectivity index (χ0) is 14.0. The van der Waals surface area contributed by atoms with Crippen molar-refractivity contribution in [3.05, 3.63) is 22.2 Å². The first-order chi connectivity index (χ1) is 8.99. The summed E-state index contributed by atoms with van der Waals surface area (Å²) in [5, 5.41) is 15.1. The number of aryl methyl sites for hydroxylation is 1. The maximum atomic E-state index is 11.1. The van der Waals surface area contributed by atoms with Gasteiger partial charge in [0, 0.05) is 20.1 Å². The van der Waals surface area contributed by atoms with E-state index >= 15 is 0 Å². The molecule has 1 aliphatic rings. The molecule has 0 aliphatic carbocycles. The average molecular weight is 265 g/mol. The summed E-state index contributed by atoms with van der Waals surface area (Å²) in [7, 11) is 1.77. The minimum Gasteiger partial charge on any atom is -0.351 e. The third-order valence-electron chi connectivity index (χ3n) is 3.60. The van der Waals surface area contributed by atoms with Gasteiger partial charge in [0.25, 0.3) is 0 Å². The first-order valence-electron chi connectivity index (χ1n) is 6.69. The Hall–Kier alpha value is -1.59. The summed E-state index contributed by atoms with van der Waals surface area (Å²) in [6, 6.07) is 0. The fourth-order valence-corrected chi connectivity index (χ4v) is 2.92. The number of nitro groups is 1. The van der Waals surface area contributed by atoms with Crippen LogP contribution >= 0.6 is 0 Å². The number of nitrogens with zero attached hydrogens (tertiary/aromatic N) is 4. The zero-order valence-corrected chi connectivity index (χ0v) is 11.8. The van der Waals surface area contributed by atoms with Gasteiger partial charge in [0.05, 0.1) is 4.92 Å². The van der Waals surface area contributed by atoms with Crippen LogP contribution in [0.25, 0.3) is 0 Å². The molecule has 0 amide bonds. The molecule has 0 N–H and O–H groups in total. The van der Waals surface area contributed by atoms with Crippen LogP contribution in [0.1, 0.15) is 33.1 Å². The van der Waals surface area contributed by atoms with Crippen molar-refractivity contribution < 1.29 is 4.92 Å². The minimum atomic E-state index is -0.344. The number of piperidine rings is 1. The molecule has 0 aromatic carbocycles. The topological polar surface area (TPSA) is 64.2 Å². The monoisotopic (exact) mass is 265 g/mol. The molecule has 105 valence electrons. The van der Waals surface area contributed by atoms with Gasteiger partial charge in [-0.1, -0.05) is 13.8 Å². The van der Waals surface area contributed by atoms with Crippen molar-refractivity contribution in [3.8, 4) is 0 Å². The molecule has 0 saturated carbocycles. The maximum Gasteiger partial charge on any atom is 0.331 e. The summed E-state index contributed by atoms with van der Waals surface area (Å²) in [5.41, 5.74) is 0.111. The van der Waals surface area contributed by atoms with E-state index in [0.717, 1.165) is 25.9 Å². The number of hydrogen-bond donors (Lipinski definition) is 0. The highest BCUT2D eigenvalue weighted by Crippen LogP contribution is 2.32. The number of rotatable bonds is 4. The SMILES string of the molecule is C[C](C)C[C@@H]1CCCN(c2c([N+](=O)[O-])cnn2C)C1. The molecule has 6 nitrogen and oxygen atoms in total. The molecule has 1 aromatic heterocycles. The van der Waals surface area contributed by atoms with Crippen molar-refractivity contribution in [1.82, 2.24) is 9.78 Å². The molecule has 0 spiro atoms. The summed E-state index contributed by atoms with van der Waals surface area (Å²) in [6.07, 6.45) is 4.73. The second kappa shape index (κ2) is 5.59. The maximum absolute atomic E-state index is 11.1. The Morgan fingerprint density at radius 1 is 1.58 bits per heavy atom. The van der Waals surface area contributed by atoms with Gasteiger partial charge in [-0.25, -0.2) is 4.68 Å². The van der Waals surface area contributed by atoms with Crippen molar-refractivity contribution in [2.45, 2.75) is 33.1 Å². The molecule has 1 radical (unpaired) electrons. The van der Waals surface area contributed by atoms with Crippen LogP contribution in [0.5, 0.6) is 0 Å². The van der Waals surface area contributed by atoms with E-state index in [2.05, 4.69) is 23.8 Å². The highest BCUT2D eigenvalue weighted by molar-refractivity contribution is 5.57. The molecule has 1 saturated heterocycles. The van der Waals surface area contributed by atoms with Gasteiger partial charge in [0.1, 0.15) is 6.20 Å². The second-order valence-electron chi connectivity index (χ2n) is 5.60. The summed E-state index contributed by atoms with van der Waals surface area (Å²) >= 11 is 0. The Labute approximate surface area is 113 Å². The molecule has 1 aromatic rings. The van der Waals surface area contributed by atoms with Gasteiger partial charge in [-0.05, 0) is 31.1 Å². The predicted octanol–water partition coefficient (Wildman–Crippen LogP) is 2.55. The van der Waals surface area contributed by atoms with Crippen LogP contribution in [0.4, 0.5) is 11.5 Å². The first kappa shape index (κ1) is 13.8. The van der Waals surface area contributed by atoms with Crippen molar-refractivity contribution in [1.29, 1.82) is 0 Å². The second-order valence-corrected chi connectivity index (χ2v) is 5.60. The highest BCUT2D eigenvalue weighted by atomic mass is 16.6. The Kier molecular flexibility index (Phi) is 4.07. The van der Waals surface area contributed by atoms with Gasteiger partial charge in [-0.3, -0.25) is 10.1 Å². The average Bonchev–Trinajstić information content (AvgIpc) is 2.70. The van der Waals surface area contributed by atoms with Gasteiger partial charge < -0.3 is 4.90 Å². The molecule has 6 heteroatoms. The van der Waals surface area contributed by atoms with E-state index in [1.165, 1.54) is 18.5 Å². The Bertz CT molecular complexity index is 455. The Morgan fingerprint density at radius 2 is 2.32 bits per heavy atom. The van der Waals surface area contributed by atoms with E-state index < -0.39 is 0 Å². The summed E-state index contributed by atoms with van der Waals surface area (Å²) < 4.78 is 1.61. The zero-order valence-electron chi connectivity index (χ0n) is 11.8. The predicted molar refractivity (Wildman–Crippen MR) is 74.0 cm³/mol. The van der Waals surface area contributed by atoms with E-state index in [4.69, 9.17) is 0 Å². The molecule has 1 fully saturated rings. The molecule has 0 bridgehead atoms. The largest absolute Gasteiger partial charge is 0.351 e. The highest BCUT2D eigenvalue weighted by Gasteiger charge is 2.29. The van der Waals surface area contributed by atoms with Crippen molar-refractivity contribution >= 4 is 11.5 Å². The van der Waals surface area contributed by atoms with Crippen LogP contribution in [0.3, 0.4) is 0 Å². The van der Waals surface area contributed by atoms with Crippen LogP contribution in [-0.4, -0.2) is 27.8 Å². The fraction of sp³-hybridized carbons (Fsp3) is 0.692. The van der Waals surface area contributed by atoms with E-state index in [0.29, 0.717) is 11.7 Å². The van der Waals surface area contributed by atoms with Gasteiger partial charge in [0.2, 0.25) is 5.82 Å². The first-order valence-corrected chi connectivity index (χ1v) is 6.69. The van der Waals surface area contributed by atoms with Crippen molar-refractivity contribution in [2.24, 2.45) is 13.0 Å². The fourth-order valence-electron chi connectivity index (χ4n) is 2.92. The smallest absolute Gasteiger partial charge is 0.331 e. The summed E-state index contributed by atoms with van der Waals surface area (Å²) in [5.74, 6) is 2.66. The van der Waals surface area contributed by atoms with Crippen LogP contribution < -0.4 is 4.90 Å². The molecular formula is C13H21N4O2. The Morgan fingerprint density at radius 3 is 2.95 bits per heavy atom. The number of aromatic nitrogens is 2. The van der Waals surface area contributed by atoms with Crippen LogP contribution in [0, 0.1) is 22.0 Å². The van der Waals surface area contributed by atoms with Crippen LogP contribution in [0.2, 0.25) is 0 Å². The minimum absolute atomic E-state index is 0.111. The quantitative estimate of drug-likeness (QED) is 0.620. The Balaban J connectivity index is 2.17. The van der Waals surface area contributed by atoms with Gasteiger partial charge >= 0.3 is 5.69 Å². The lowest BCUT2D eigenvalue weighted by atomic mass is 9.90. The molecule has 1 aliphatic heterocycles. The summed E-state index contributed by atoms with van der Waals surface area (Å²) in [6.45, 7) is 6.04. The molecule has 1 atom stereocenters. The van der Waals surface area contributed by atoms with Gasteiger partial charge in [-0.2, -0.15) is 5.10 Å². The lowest BCUT2D eigenvalue weighted by Crippen LogP contribution is -2.37. The lowest BCUT2D eigenvalue weighted by molar-refractivity contribution is -0.384. The van der Waals surface area contributed by atoms with E-state index in [1.54, 1.807) is 11.7 Å². The van der Waals surface area contributed by atoms with E-state index in [1.807, 2.05) is 0 Å². The molecule has 19 heavy (non-hydrogen) atoms. The van der Waals surface area contributed by atoms with E-state index in [9.17, 15) is 10.1 Å². The third-order valence-corrected chi connectivity index (χ3v) is 3.60. The van der Waals surface area contributed by atoms with Gasteiger partial charge in [0.15, 0.2) is 0 Å². The summed E-state index contributed by atoms with van der Waals surface area (Å²) in [4.78, 5) is 12.8. The van der Waals surface area contributed by atoms with Crippen molar-refractivity contribution in [2.75, 3.05) is 18.0 Å². The van der Waals surface area contributed by atoms with Crippen LogP contribution in [-0.2, 0) is 7.05 Å². The van der Waals surface area contributed by atoms with Gasteiger partial charge in [-0.15, -0.1) is 0 Å². The number of anilines is 1. The molecule has 2 heterocycles. The molecule has 0 unspecified atom stereocenters. The van der Waals surface area contributed by atoms with Crippen LogP contribution in [0.15, 0.2) is 6.20 Å². The normalized spacial score (nSPS) is 20.0. The lowest BCUT2D eigenvalue weighted by Gasteiger charge is -2.34. The number of hydrogen-bond acceptors (Lipinski definition) is 4. The standard InChI is InChI=1S/C13H21N4O2/c1-10(2)7-11-5-4-6-16(9-11)13-12(17(18)19)8-14-15(13)3/h8,11H,4-7,9H2,1-3H3/t11-/m0/s1. The van der Waals surface area contributed by atoms with E-state index in [-0.39, 0.29) is 10.6 Å².